The van der Waals surface area contributed by atoms with Crippen molar-refractivity contribution in [1.29, 1.82) is 0 Å². The maximum Gasteiger partial charge on any atom is 0.417 e. The van der Waals surface area contributed by atoms with E-state index in [0.29, 0.717) is 10.7 Å². The van der Waals surface area contributed by atoms with Crippen molar-refractivity contribution < 1.29 is 18.0 Å². The second-order valence-corrected chi connectivity index (χ2v) is 6.54. The molecule has 0 aliphatic heterocycles. The summed E-state index contributed by atoms with van der Waals surface area (Å²) >= 11 is 1.07. The summed E-state index contributed by atoms with van der Waals surface area (Å²) in [6.07, 6.45) is -1.97. The molecule has 0 bridgehead atoms. The second-order valence-electron chi connectivity index (χ2n) is 5.55. The SMILES string of the molecule is Cc1ccc(NC(=O)CSc2ccc(C(F)(F)F)cn2)c2cccnc12. The Hall–Kier alpha value is -2.61. The fourth-order valence-corrected chi connectivity index (χ4v) is 3.02. The van der Waals surface area contributed by atoms with Gasteiger partial charge in [0.15, 0.2) is 0 Å². The third-order valence-electron chi connectivity index (χ3n) is 3.66. The van der Waals surface area contributed by atoms with E-state index >= 15 is 0 Å². The van der Waals surface area contributed by atoms with Crippen molar-refractivity contribution in [2.24, 2.45) is 0 Å². The Bertz CT molecular complexity index is 943. The number of halogens is 3. The predicted molar refractivity (Wildman–Crippen MR) is 95.1 cm³/mol. The average Bonchev–Trinajstić information content (AvgIpc) is 2.62. The lowest BCUT2D eigenvalue weighted by Gasteiger charge is -2.10. The van der Waals surface area contributed by atoms with E-state index in [4.69, 9.17) is 0 Å². The number of thioether (sulfide) groups is 1. The van der Waals surface area contributed by atoms with Gasteiger partial charge in [0.25, 0.3) is 0 Å². The van der Waals surface area contributed by atoms with E-state index in [1.807, 2.05) is 19.1 Å². The van der Waals surface area contributed by atoms with E-state index < -0.39 is 11.7 Å². The van der Waals surface area contributed by atoms with Crippen LogP contribution >= 0.6 is 11.8 Å². The molecule has 2 heterocycles. The minimum absolute atomic E-state index is 0.0357. The van der Waals surface area contributed by atoms with Gasteiger partial charge < -0.3 is 5.32 Å². The molecule has 1 aromatic carbocycles. The molecule has 0 unspecified atom stereocenters. The van der Waals surface area contributed by atoms with Gasteiger partial charge in [0.2, 0.25) is 5.91 Å². The average molecular weight is 377 g/mol. The van der Waals surface area contributed by atoms with Gasteiger partial charge in [-0.1, -0.05) is 17.8 Å². The zero-order chi connectivity index (χ0) is 18.7. The van der Waals surface area contributed by atoms with Crippen LogP contribution in [0.1, 0.15) is 11.1 Å². The Labute approximate surface area is 151 Å². The van der Waals surface area contributed by atoms with E-state index in [0.717, 1.165) is 40.5 Å². The van der Waals surface area contributed by atoms with Crippen LogP contribution in [0.5, 0.6) is 0 Å². The summed E-state index contributed by atoms with van der Waals surface area (Å²) in [4.78, 5) is 20.2. The van der Waals surface area contributed by atoms with Crippen molar-refractivity contribution in [3.05, 3.63) is 59.9 Å². The maximum atomic E-state index is 12.5. The number of aryl methyl sites for hydroxylation is 1. The maximum absolute atomic E-state index is 12.5. The lowest BCUT2D eigenvalue weighted by Crippen LogP contribution is -2.14. The number of amides is 1. The molecule has 3 rings (SSSR count). The number of hydrogen-bond donors (Lipinski definition) is 1. The van der Waals surface area contributed by atoms with Crippen LogP contribution in [0.15, 0.2) is 53.8 Å². The van der Waals surface area contributed by atoms with Crippen molar-refractivity contribution >= 4 is 34.3 Å². The molecule has 1 amide bonds. The highest BCUT2D eigenvalue weighted by atomic mass is 32.2. The third-order valence-corrected chi connectivity index (χ3v) is 4.60. The largest absolute Gasteiger partial charge is 0.417 e. The van der Waals surface area contributed by atoms with E-state index in [2.05, 4.69) is 15.3 Å². The quantitative estimate of drug-likeness (QED) is 0.671. The lowest BCUT2D eigenvalue weighted by atomic mass is 10.1. The second kappa shape index (κ2) is 7.33. The molecule has 26 heavy (non-hydrogen) atoms. The molecular weight excluding hydrogens is 363 g/mol. The molecule has 3 aromatic rings. The summed E-state index contributed by atoms with van der Waals surface area (Å²) in [6.45, 7) is 1.94. The number of nitrogens with zero attached hydrogens (tertiary/aromatic N) is 2. The van der Waals surface area contributed by atoms with Crippen molar-refractivity contribution in [2.75, 3.05) is 11.1 Å². The molecule has 0 spiro atoms. The molecule has 134 valence electrons. The highest BCUT2D eigenvalue weighted by Gasteiger charge is 2.30. The molecule has 0 fully saturated rings. The number of anilines is 1. The number of carbonyl (C=O) groups is 1. The first-order chi connectivity index (χ1) is 12.3. The summed E-state index contributed by atoms with van der Waals surface area (Å²) < 4.78 is 37.5. The number of benzene rings is 1. The summed E-state index contributed by atoms with van der Waals surface area (Å²) in [7, 11) is 0. The highest BCUT2D eigenvalue weighted by Crippen LogP contribution is 2.29. The first-order valence-electron chi connectivity index (χ1n) is 7.65. The van der Waals surface area contributed by atoms with Crippen molar-refractivity contribution in [1.82, 2.24) is 9.97 Å². The van der Waals surface area contributed by atoms with Crippen LogP contribution in [0.25, 0.3) is 10.9 Å². The van der Waals surface area contributed by atoms with Crippen LogP contribution in [0, 0.1) is 6.92 Å². The molecule has 4 nitrogen and oxygen atoms in total. The van der Waals surface area contributed by atoms with E-state index in [1.54, 1.807) is 18.3 Å². The standard InChI is InChI=1S/C18H14F3N3OS/c1-11-4-6-14(13-3-2-8-22-17(11)13)24-15(25)10-26-16-7-5-12(9-23-16)18(19,20)21/h2-9H,10H2,1H3,(H,24,25). The van der Waals surface area contributed by atoms with E-state index in [-0.39, 0.29) is 11.7 Å². The van der Waals surface area contributed by atoms with Gasteiger partial charge in [0.1, 0.15) is 0 Å². The number of nitrogens with one attached hydrogen (secondary N) is 1. The number of carbonyl (C=O) groups excluding carboxylic acids is 1. The molecule has 0 atom stereocenters. The zero-order valence-corrected chi connectivity index (χ0v) is 14.5. The van der Waals surface area contributed by atoms with Crippen LogP contribution in [-0.2, 0) is 11.0 Å². The van der Waals surface area contributed by atoms with Gasteiger partial charge in [-0.2, -0.15) is 13.2 Å². The fraction of sp³-hybridized carbons (Fsp3) is 0.167. The Balaban J connectivity index is 1.66. The molecular formula is C18H14F3N3OS. The van der Waals surface area contributed by atoms with Crippen molar-refractivity contribution in [2.45, 2.75) is 18.1 Å². The van der Waals surface area contributed by atoms with Gasteiger partial charge in [0, 0.05) is 17.8 Å². The molecule has 8 heteroatoms. The smallest absolute Gasteiger partial charge is 0.325 e. The first-order valence-corrected chi connectivity index (χ1v) is 8.63. The minimum atomic E-state index is -4.42. The number of hydrogen-bond acceptors (Lipinski definition) is 4. The number of pyridine rings is 2. The molecule has 0 radical (unpaired) electrons. The Kier molecular flexibility index (Phi) is 5.13. The van der Waals surface area contributed by atoms with Gasteiger partial charge in [-0.15, -0.1) is 0 Å². The van der Waals surface area contributed by atoms with Crippen LogP contribution in [0.3, 0.4) is 0 Å². The topological polar surface area (TPSA) is 54.9 Å². The predicted octanol–water partition coefficient (Wildman–Crippen LogP) is 4.69. The summed E-state index contributed by atoms with van der Waals surface area (Å²) in [5.41, 5.74) is 1.64. The van der Waals surface area contributed by atoms with Gasteiger partial charge in [-0.25, -0.2) is 4.98 Å². The van der Waals surface area contributed by atoms with Crippen molar-refractivity contribution in [3.63, 3.8) is 0 Å². The lowest BCUT2D eigenvalue weighted by molar-refractivity contribution is -0.137. The minimum Gasteiger partial charge on any atom is -0.325 e. The normalized spacial score (nSPS) is 11.5. The van der Waals surface area contributed by atoms with Crippen LogP contribution in [0.2, 0.25) is 0 Å². The van der Waals surface area contributed by atoms with Crippen LogP contribution < -0.4 is 5.32 Å². The number of aromatic nitrogens is 2. The summed E-state index contributed by atoms with van der Waals surface area (Å²) in [5, 5.41) is 3.99. The van der Waals surface area contributed by atoms with E-state index in [9.17, 15) is 18.0 Å². The monoisotopic (exact) mass is 377 g/mol. The Morgan fingerprint density at radius 2 is 1.96 bits per heavy atom. The molecule has 0 saturated heterocycles. The van der Waals surface area contributed by atoms with Gasteiger partial charge in [-0.3, -0.25) is 9.78 Å². The van der Waals surface area contributed by atoms with Crippen molar-refractivity contribution in [3.8, 4) is 0 Å². The van der Waals surface area contributed by atoms with E-state index in [1.165, 1.54) is 6.07 Å². The van der Waals surface area contributed by atoms with Gasteiger partial charge in [0.05, 0.1) is 27.5 Å². The zero-order valence-electron chi connectivity index (χ0n) is 13.7. The molecule has 0 aliphatic rings. The van der Waals surface area contributed by atoms with Gasteiger partial charge >= 0.3 is 6.18 Å². The Morgan fingerprint density at radius 3 is 2.65 bits per heavy atom. The molecule has 0 saturated carbocycles. The van der Waals surface area contributed by atoms with Gasteiger partial charge in [-0.05, 0) is 42.8 Å². The fourth-order valence-electron chi connectivity index (χ4n) is 2.38. The number of rotatable bonds is 4. The molecule has 1 N–H and O–H groups in total. The number of alkyl halides is 3. The first kappa shape index (κ1) is 18.2. The highest BCUT2D eigenvalue weighted by molar-refractivity contribution is 7.99. The summed E-state index contributed by atoms with van der Waals surface area (Å²) in [5.74, 6) is -0.237. The Morgan fingerprint density at radius 1 is 1.15 bits per heavy atom. The molecule has 2 aromatic heterocycles. The third kappa shape index (κ3) is 4.13. The van der Waals surface area contributed by atoms with Crippen LogP contribution in [-0.4, -0.2) is 21.6 Å². The van der Waals surface area contributed by atoms with Crippen LogP contribution in [0.4, 0.5) is 18.9 Å². The number of fused-ring (bicyclic) bond motifs is 1. The molecule has 0 aliphatic carbocycles. The summed E-state index contributed by atoms with van der Waals surface area (Å²) in [6, 6.07) is 9.54.